The average Bonchev–Trinajstić information content (AvgIpc) is 2.89. The lowest BCUT2D eigenvalue weighted by Crippen LogP contribution is -2.42. The van der Waals surface area contributed by atoms with Crippen LogP contribution < -0.4 is 5.32 Å². The highest BCUT2D eigenvalue weighted by molar-refractivity contribution is 9.10. The van der Waals surface area contributed by atoms with Gasteiger partial charge in [0.2, 0.25) is 0 Å². The molecule has 0 bridgehead atoms. The first-order valence-electron chi connectivity index (χ1n) is 7.34. The summed E-state index contributed by atoms with van der Waals surface area (Å²) in [5.41, 5.74) is 0.762. The highest BCUT2D eigenvalue weighted by Crippen LogP contribution is 2.16. The summed E-state index contributed by atoms with van der Waals surface area (Å²) in [5.74, 6) is 0.612. The number of benzene rings is 1. The fourth-order valence-corrected chi connectivity index (χ4v) is 3.06. The van der Waals surface area contributed by atoms with Gasteiger partial charge in [-0.1, -0.05) is 35.8 Å². The van der Waals surface area contributed by atoms with Crippen molar-refractivity contribution < 1.29 is 4.79 Å². The van der Waals surface area contributed by atoms with Gasteiger partial charge in [-0.25, -0.2) is 0 Å². The Hall–Kier alpha value is -0.870. The van der Waals surface area contributed by atoms with E-state index in [4.69, 9.17) is 0 Å². The molecule has 1 amide bonds. The minimum absolute atomic E-state index is 0.133. The third-order valence-corrected chi connectivity index (χ3v) is 4.04. The lowest BCUT2D eigenvalue weighted by molar-refractivity contribution is 0.0721. The van der Waals surface area contributed by atoms with Gasteiger partial charge < -0.3 is 10.2 Å². The Balaban J connectivity index is 2.10. The summed E-state index contributed by atoms with van der Waals surface area (Å²) >= 11 is 3.44. The van der Waals surface area contributed by atoms with Gasteiger partial charge in [0, 0.05) is 29.2 Å². The second-order valence-electron chi connectivity index (χ2n) is 5.91. The number of amides is 1. The van der Waals surface area contributed by atoms with Crippen LogP contribution in [0.5, 0.6) is 0 Å². The van der Waals surface area contributed by atoms with Crippen LogP contribution in [0.3, 0.4) is 0 Å². The predicted octanol–water partition coefficient (Wildman–Crippen LogP) is 3.30. The van der Waals surface area contributed by atoms with Crippen LogP contribution in [0.2, 0.25) is 0 Å². The number of carbonyl (C=O) groups is 1. The van der Waals surface area contributed by atoms with Gasteiger partial charge in [-0.2, -0.15) is 0 Å². The van der Waals surface area contributed by atoms with E-state index in [9.17, 15) is 4.79 Å². The van der Waals surface area contributed by atoms with Crippen molar-refractivity contribution in [3.8, 4) is 0 Å². The molecule has 0 saturated carbocycles. The largest absolute Gasteiger partial charge is 0.337 e. The van der Waals surface area contributed by atoms with Crippen LogP contribution in [0.4, 0.5) is 0 Å². The fourth-order valence-electron chi connectivity index (χ4n) is 2.66. The lowest BCUT2D eigenvalue weighted by Gasteiger charge is -2.27. The minimum atomic E-state index is 0.133. The Morgan fingerprint density at radius 3 is 2.90 bits per heavy atom. The number of nitrogens with zero attached hydrogens (tertiary/aromatic N) is 1. The molecule has 3 nitrogen and oxygen atoms in total. The molecule has 0 aliphatic carbocycles. The Labute approximate surface area is 129 Å². The van der Waals surface area contributed by atoms with Gasteiger partial charge in [-0.3, -0.25) is 4.79 Å². The molecule has 1 fully saturated rings. The first-order chi connectivity index (χ1) is 9.56. The van der Waals surface area contributed by atoms with Gasteiger partial charge in [0.15, 0.2) is 0 Å². The van der Waals surface area contributed by atoms with Gasteiger partial charge in [0.1, 0.15) is 0 Å². The molecule has 1 aromatic rings. The van der Waals surface area contributed by atoms with E-state index in [2.05, 4.69) is 35.1 Å². The molecule has 1 unspecified atom stereocenters. The van der Waals surface area contributed by atoms with Crippen molar-refractivity contribution in [2.24, 2.45) is 5.92 Å². The standard InChI is InChI=1S/C16H23BrN2O/c1-12(2)10-19(11-15-7-4-8-18-15)16(20)13-5-3-6-14(17)9-13/h3,5-6,9,12,15,18H,4,7-8,10-11H2,1-2H3. The molecule has 2 rings (SSSR count). The molecule has 1 N–H and O–H groups in total. The SMILES string of the molecule is CC(C)CN(CC1CCCN1)C(=O)c1cccc(Br)c1. The maximum atomic E-state index is 12.7. The molecule has 1 atom stereocenters. The number of hydrogen-bond acceptors (Lipinski definition) is 2. The first-order valence-corrected chi connectivity index (χ1v) is 8.14. The Kier molecular flexibility index (Phi) is 5.61. The zero-order valence-electron chi connectivity index (χ0n) is 12.2. The normalized spacial score (nSPS) is 18.5. The van der Waals surface area contributed by atoms with Crippen molar-refractivity contribution >= 4 is 21.8 Å². The highest BCUT2D eigenvalue weighted by Gasteiger charge is 2.23. The zero-order chi connectivity index (χ0) is 14.5. The van der Waals surface area contributed by atoms with Crippen molar-refractivity contribution in [1.29, 1.82) is 0 Å². The average molecular weight is 339 g/mol. The van der Waals surface area contributed by atoms with Gasteiger partial charge >= 0.3 is 0 Å². The molecule has 0 spiro atoms. The summed E-state index contributed by atoms with van der Waals surface area (Å²) in [6.07, 6.45) is 2.38. The summed E-state index contributed by atoms with van der Waals surface area (Å²) in [5, 5.41) is 3.47. The summed E-state index contributed by atoms with van der Waals surface area (Å²) in [7, 11) is 0. The van der Waals surface area contributed by atoms with E-state index < -0.39 is 0 Å². The van der Waals surface area contributed by atoms with Crippen LogP contribution in [0.15, 0.2) is 28.7 Å². The second-order valence-corrected chi connectivity index (χ2v) is 6.82. The Bertz CT molecular complexity index is 456. The van der Waals surface area contributed by atoms with E-state index in [1.807, 2.05) is 29.2 Å². The number of nitrogens with one attached hydrogen (secondary N) is 1. The zero-order valence-corrected chi connectivity index (χ0v) is 13.8. The van der Waals surface area contributed by atoms with Crippen LogP contribution >= 0.6 is 15.9 Å². The molecule has 110 valence electrons. The molecule has 20 heavy (non-hydrogen) atoms. The monoisotopic (exact) mass is 338 g/mol. The first kappa shape index (κ1) is 15.5. The smallest absolute Gasteiger partial charge is 0.253 e. The number of hydrogen-bond donors (Lipinski definition) is 1. The molecule has 0 aromatic heterocycles. The van der Waals surface area contributed by atoms with Gasteiger partial charge in [0.05, 0.1) is 0 Å². The summed E-state index contributed by atoms with van der Waals surface area (Å²) < 4.78 is 0.951. The molecule has 1 aliphatic rings. The Morgan fingerprint density at radius 1 is 1.50 bits per heavy atom. The van der Waals surface area contributed by atoms with Crippen molar-refractivity contribution in [2.45, 2.75) is 32.7 Å². The molecule has 0 radical (unpaired) electrons. The maximum Gasteiger partial charge on any atom is 0.253 e. The van der Waals surface area contributed by atoms with Crippen LogP contribution in [0.1, 0.15) is 37.0 Å². The van der Waals surface area contributed by atoms with Crippen LogP contribution in [0.25, 0.3) is 0 Å². The van der Waals surface area contributed by atoms with Crippen LogP contribution in [-0.4, -0.2) is 36.5 Å². The number of carbonyl (C=O) groups excluding carboxylic acids is 1. The highest BCUT2D eigenvalue weighted by atomic mass is 79.9. The van der Waals surface area contributed by atoms with Gasteiger partial charge in [0.25, 0.3) is 5.91 Å². The quantitative estimate of drug-likeness (QED) is 0.893. The van der Waals surface area contributed by atoms with Crippen molar-refractivity contribution in [1.82, 2.24) is 10.2 Å². The van der Waals surface area contributed by atoms with E-state index in [0.29, 0.717) is 12.0 Å². The number of halogens is 1. The van der Waals surface area contributed by atoms with Gasteiger partial charge in [-0.05, 0) is 43.5 Å². The number of rotatable bonds is 5. The fraction of sp³-hybridized carbons (Fsp3) is 0.562. The lowest BCUT2D eigenvalue weighted by atomic mass is 10.1. The van der Waals surface area contributed by atoms with Crippen molar-refractivity contribution in [2.75, 3.05) is 19.6 Å². The maximum absolute atomic E-state index is 12.7. The van der Waals surface area contributed by atoms with Crippen molar-refractivity contribution in [3.05, 3.63) is 34.3 Å². The van der Waals surface area contributed by atoms with E-state index in [1.165, 1.54) is 12.8 Å². The molecule has 1 aromatic carbocycles. The molecule has 1 saturated heterocycles. The topological polar surface area (TPSA) is 32.3 Å². The van der Waals surface area contributed by atoms with E-state index >= 15 is 0 Å². The summed E-state index contributed by atoms with van der Waals surface area (Å²) in [6, 6.07) is 8.10. The Morgan fingerprint density at radius 2 is 2.30 bits per heavy atom. The molecular formula is C16H23BrN2O. The van der Waals surface area contributed by atoms with Crippen molar-refractivity contribution in [3.63, 3.8) is 0 Å². The van der Waals surface area contributed by atoms with E-state index in [-0.39, 0.29) is 5.91 Å². The van der Waals surface area contributed by atoms with Crippen LogP contribution in [0, 0.1) is 5.92 Å². The minimum Gasteiger partial charge on any atom is -0.337 e. The second kappa shape index (κ2) is 7.23. The summed E-state index contributed by atoms with van der Waals surface area (Å²) in [6.45, 7) is 7.00. The predicted molar refractivity (Wildman–Crippen MR) is 85.9 cm³/mol. The molecular weight excluding hydrogens is 316 g/mol. The molecule has 1 heterocycles. The summed E-state index contributed by atoms with van der Waals surface area (Å²) in [4.78, 5) is 14.7. The molecule has 4 heteroatoms. The van der Waals surface area contributed by atoms with Crippen LogP contribution in [-0.2, 0) is 0 Å². The third kappa shape index (κ3) is 4.32. The molecule has 1 aliphatic heterocycles. The van der Waals surface area contributed by atoms with Gasteiger partial charge in [-0.15, -0.1) is 0 Å². The van der Waals surface area contributed by atoms with E-state index in [0.717, 1.165) is 29.7 Å². The van der Waals surface area contributed by atoms with E-state index in [1.54, 1.807) is 0 Å². The third-order valence-electron chi connectivity index (χ3n) is 3.55.